The van der Waals surface area contributed by atoms with E-state index in [-0.39, 0.29) is 5.41 Å². The van der Waals surface area contributed by atoms with E-state index in [1.165, 1.54) is 22.3 Å². The van der Waals surface area contributed by atoms with Gasteiger partial charge in [-0.05, 0) is 103 Å². The summed E-state index contributed by atoms with van der Waals surface area (Å²) in [6.45, 7) is 12.9. The van der Waals surface area contributed by atoms with Gasteiger partial charge in [-0.15, -0.1) is 11.8 Å². The summed E-state index contributed by atoms with van der Waals surface area (Å²) in [6, 6.07) is 37.3. The Morgan fingerprint density at radius 3 is 1.60 bits per heavy atom. The Hall–Kier alpha value is -4.00. The number of thiol groups is 1. The van der Waals surface area contributed by atoms with Crippen LogP contribution in [0.4, 0.5) is 11.4 Å². The molecule has 250 valence electrons. The van der Waals surface area contributed by atoms with Gasteiger partial charge < -0.3 is 20.0 Å². The van der Waals surface area contributed by atoms with Crippen LogP contribution in [0.25, 0.3) is 0 Å². The van der Waals surface area contributed by atoms with E-state index < -0.39 is 0 Å². The molecule has 5 rings (SSSR count). The number of thioether (sulfide) groups is 1. The zero-order valence-corrected chi connectivity index (χ0v) is 30.5. The highest BCUT2D eigenvalue weighted by atomic mass is 32.2. The standard InChI is InChI=1S/C42H48N2O2S2/c1-6-43(38-13-9-7-10-14-38)25-32-23-36(17-19-40(32)45)42(4,5)37-18-20-41(46)33(24-37)26-44(39-15-11-8-12-16-39)29-48-28-35-22-31(3)30(2)21-34(35)27-47/h7-24,45-47H,6,25-29H2,1-5H3. The molecule has 4 nitrogen and oxygen atoms in total. The molecule has 0 aromatic heterocycles. The third kappa shape index (κ3) is 8.34. The van der Waals surface area contributed by atoms with E-state index in [1.807, 2.05) is 60.3 Å². The molecule has 0 spiro atoms. The smallest absolute Gasteiger partial charge is 0.120 e. The Balaban J connectivity index is 1.39. The maximum absolute atomic E-state index is 11.1. The Morgan fingerprint density at radius 2 is 1.10 bits per heavy atom. The minimum Gasteiger partial charge on any atom is -0.508 e. The summed E-state index contributed by atoms with van der Waals surface area (Å²) < 4.78 is 0. The lowest BCUT2D eigenvalue weighted by molar-refractivity contribution is 0.465. The quantitative estimate of drug-likeness (QED) is 0.0807. The topological polar surface area (TPSA) is 46.9 Å². The van der Waals surface area contributed by atoms with Crippen molar-refractivity contribution in [3.8, 4) is 11.5 Å². The van der Waals surface area contributed by atoms with Crippen molar-refractivity contribution < 1.29 is 10.2 Å². The van der Waals surface area contributed by atoms with Crippen molar-refractivity contribution in [3.63, 3.8) is 0 Å². The molecule has 48 heavy (non-hydrogen) atoms. The number of aryl methyl sites for hydroxylation is 2. The van der Waals surface area contributed by atoms with Crippen LogP contribution >= 0.6 is 24.4 Å². The first kappa shape index (κ1) is 35.3. The number of hydrogen-bond donors (Lipinski definition) is 3. The van der Waals surface area contributed by atoms with Crippen LogP contribution in [-0.2, 0) is 30.0 Å². The highest BCUT2D eigenvalue weighted by molar-refractivity contribution is 7.98. The summed E-state index contributed by atoms with van der Waals surface area (Å²) in [5, 5.41) is 22.0. The van der Waals surface area contributed by atoms with Gasteiger partial charge in [0.2, 0.25) is 0 Å². The normalized spacial score (nSPS) is 11.5. The Labute approximate surface area is 296 Å². The Kier molecular flexibility index (Phi) is 11.7. The van der Waals surface area contributed by atoms with E-state index >= 15 is 0 Å². The van der Waals surface area contributed by atoms with Crippen LogP contribution in [0.5, 0.6) is 11.5 Å². The van der Waals surface area contributed by atoms with Crippen molar-refractivity contribution in [3.05, 3.63) is 154 Å². The van der Waals surface area contributed by atoms with Gasteiger partial charge in [0.1, 0.15) is 11.5 Å². The van der Waals surface area contributed by atoms with E-state index in [2.05, 4.69) is 118 Å². The van der Waals surface area contributed by atoms with E-state index in [0.29, 0.717) is 24.6 Å². The number of anilines is 2. The predicted octanol–water partition coefficient (Wildman–Crippen LogP) is 10.4. The van der Waals surface area contributed by atoms with Gasteiger partial charge in [0.05, 0.1) is 5.88 Å². The molecule has 0 saturated carbocycles. The lowest BCUT2D eigenvalue weighted by atomic mass is 9.77. The van der Waals surface area contributed by atoms with Crippen molar-refractivity contribution in [1.82, 2.24) is 0 Å². The Bertz CT molecular complexity index is 1810. The maximum atomic E-state index is 11.1. The molecule has 2 N–H and O–H groups in total. The van der Waals surface area contributed by atoms with Crippen LogP contribution < -0.4 is 9.80 Å². The van der Waals surface area contributed by atoms with Crippen molar-refractivity contribution in [2.24, 2.45) is 0 Å². The second-order valence-corrected chi connectivity index (χ2v) is 14.3. The van der Waals surface area contributed by atoms with Crippen LogP contribution in [0.1, 0.15) is 65.3 Å². The third-order valence-corrected chi connectivity index (χ3v) is 10.8. The van der Waals surface area contributed by atoms with E-state index in [1.54, 1.807) is 0 Å². The van der Waals surface area contributed by atoms with Crippen LogP contribution in [-0.4, -0.2) is 22.6 Å². The van der Waals surface area contributed by atoms with E-state index in [9.17, 15) is 10.2 Å². The molecule has 0 heterocycles. The number of aromatic hydroxyl groups is 2. The number of phenolic OH excluding ortho intramolecular Hbond substituents is 2. The molecule has 0 amide bonds. The lowest BCUT2D eigenvalue weighted by Crippen LogP contribution is -2.24. The highest BCUT2D eigenvalue weighted by Gasteiger charge is 2.26. The molecule has 0 bridgehead atoms. The molecular formula is C42H48N2O2S2. The fraction of sp³-hybridized carbons (Fsp3) is 0.286. The molecule has 0 atom stereocenters. The first-order chi connectivity index (χ1) is 23.1. The Morgan fingerprint density at radius 1 is 0.625 bits per heavy atom. The minimum absolute atomic E-state index is 0.292. The van der Waals surface area contributed by atoms with Crippen molar-refractivity contribution >= 4 is 35.8 Å². The summed E-state index contributed by atoms with van der Waals surface area (Å²) in [7, 11) is 0. The maximum Gasteiger partial charge on any atom is 0.120 e. The molecule has 0 radical (unpaired) electrons. The van der Waals surface area contributed by atoms with Crippen LogP contribution in [0.15, 0.2) is 109 Å². The molecular weight excluding hydrogens is 629 g/mol. The minimum atomic E-state index is -0.367. The number of rotatable bonds is 14. The summed E-state index contributed by atoms with van der Waals surface area (Å²) in [6.07, 6.45) is 0. The number of nitrogens with zero attached hydrogens (tertiary/aromatic N) is 2. The number of para-hydroxylation sites is 2. The second-order valence-electron chi connectivity index (χ2n) is 13.0. The molecule has 5 aromatic rings. The predicted molar refractivity (Wildman–Crippen MR) is 209 cm³/mol. The lowest BCUT2D eigenvalue weighted by Gasteiger charge is -2.30. The summed E-state index contributed by atoms with van der Waals surface area (Å²) in [5.74, 6) is 2.98. The summed E-state index contributed by atoms with van der Waals surface area (Å²) in [5.41, 5.74) is 11.1. The van der Waals surface area contributed by atoms with E-state index in [0.717, 1.165) is 57.6 Å². The first-order valence-corrected chi connectivity index (χ1v) is 18.4. The molecule has 5 aromatic carbocycles. The van der Waals surface area contributed by atoms with Crippen LogP contribution in [0, 0.1) is 13.8 Å². The zero-order chi connectivity index (χ0) is 34.3. The fourth-order valence-corrected chi connectivity index (χ4v) is 7.47. The molecule has 0 fully saturated rings. The van der Waals surface area contributed by atoms with Gasteiger partial charge in [-0.25, -0.2) is 0 Å². The van der Waals surface area contributed by atoms with Gasteiger partial charge >= 0.3 is 0 Å². The van der Waals surface area contributed by atoms with Crippen molar-refractivity contribution in [1.29, 1.82) is 0 Å². The second kappa shape index (κ2) is 15.9. The van der Waals surface area contributed by atoms with Crippen LogP contribution in [0.2, 0.25) is 0 Å². The number of benzene rings is 5. The highest BCUT2D eigenvalue weighted by Crippen LogP contribution is 2.37. The molecule has 0 aliphatic rings. The summed E-state index contributed by atoms with van der Waals surface area (Å²) in [4.78, 5) is 4.60. The molecule has 0 unspecified atom stereocenters. The third-order valence-electron chi connectivity index (χ3n) is 9.44. The largest absolute Gasteiger partial charge is 0.508 e. The zero-order valence-electron chi connectivity index (χ0n) is 28.8. The van der Waals surface area contributed by atoms with Gasteiger partial charge in [-0.3, -0.25) is 0 Å². The average molecular weight is 677 g/mol. The fourth-order valence-electron chi connectivity index (χ4n) is 6.14. The average Bonchev–Trinajstić information content (AvgIpc) is 3.10. The molecule has 0 aliphatic heterocycles. The monoisotopic (exact) mass is 676 g/mol. The van der Waals surface area contributed by atoms with E-state index in [4.69, 9.17) is 0 Å². The van der Waals surface area contributed by atoms with Crippen molar-refractivity contribution in [2.75, 3.05) is 22.2 Å². The number of phenols is 2. The molecule has 6 heteroatoms. The number of hydrogen-bond acceptors (Lipinski definition) is 6. The van der Waals surface area contributed by atoms with Gasteiger partial charge in [0.25, 0.3) is 0 Å². The SMILES string of the molecule is CCN(Cc1cc(C(C)(C)c2ccc(O)c(CN(CSCc3cc(C)c(C)cc3CS)c3ccccc3)c2)ccc1O)c1ccccc1. The van der Waals surface area contributed by atoms with Crippen molar-refractivity contribution in [2.45, 2.75) is 64.6 Å². The van der Waals surface area contributed by atoms with Gasteiger partial charge in [-0.2, -0.15) is 12.6 Å². The van der Waals surface area contributed by atoms with Gasteiger partial charge in [0, 0.05) is 59.1 Å². The van der Waals surface area contributed by atoms with Gasteiger partial charge in [0.15, 0.2) is 0 Å². The summed E-state index contributed by atoms with van der Waals surface area (Å²) >= 11 is 6.48. The molecule has 0 saturated heterocycles. The van der Waals surface area contributed by atoms with Gasteiger partial charge in [-0.1, -0.05) is 74.5 Å². The first-order valence-electron chi connectivity index (χ1n) is 16.6. The molecule has 0 aliphatic carbocycles. The van der Waals surface area contributed by atoms with Crippen LogP contribution in [0.3, 0.4) is 0 Å².